The van der Waals surface area contributed by atoms with Gasteiger partial charge >= 0.3 is 0 Å². The van der Waals surface area contributed by atoms with E-state index in [-0.39, 0.29) is 0 Å². The van der Waals surface area contributed by atoms with Crippen LogP contribution in [-0.4, -0.2) is 9.55 Å². The first-order valence-corrected chi connectivity index (χ1v) is 10.1. The Bertz CT molecular complexity index is 1260. The predicted octanol–water partition coefficient (Wildman–Crippen LogP) is 5.21. The molecule has 140 valence electrons. The van der Waals surface area contributed by atoms with E-state index in [9.17, 15) is 0 Å². The lowest BCUT2D eigenvalue weighted by Crippen LogP contribution is -2.32. The van der Waals surface area contributed by atoms with E-state index < -0.39 is 0 Å². The zero-order valence-corrected chi connectivity index (χ0v) is 17.0. The third kappa shape index (κ3) is 2.57. The lowest BCUT2D eigenvalue weighted by atomic mass is 9.97. The van der Waals surface area contributed by atoms with Gasteiger partial charge in [-0.1, -0.05) is 32.1 Å². The standard InChI is InChI=1S/C25H26N3/c1-16(2)13-18-7-5-8-22-19(18)10-11-23(27(22)4)20-15-21-24(14-17(20)3)28-12-6-9-25(28)26-21/h5-8,10-12,14-16H,9,13H2,1-4H3/q+1. The highest BCUT2D eigenvalue weighted by Gasteiger charge is 2.20. The van der Waals surface area contributed by atoms with Crippen LogP contribution in [0, 0.1) is 12.8 Å². The Kier molecular flexibility index (Phi) is 3.87. The van der Waals surface area contributed by atoms with Crippen LogP contribution in [0.3, 0.4) is 0 Å². The van der Waals surface area contributed by atoms with Crippen LogP contribution in [0.25, 0.3) is 39.4 Å². The maximum atomic E-state index is 4.85. The zero-order valence-electron chi connectivity index (χ0n) is 17.0. The van der Waals surface area contributed by atoms with Gasteiger partial charge in [0.15, 0.2) is 0 Å². The SMILES string of the molecule is Cc1cc2c(cc1-c1ccc3c(CC(C)C)cccc3[n+]1C)nc1n2C=CC1. The Balaban J connectivity index is 1.70. The second-order valence-corrected chi connectivity index (χ2v) is 8.37. The van der Waals surface area contributed by atoms with Crippen molar-refractivity contribution in [3.05, 3.63) is 65.5 Å². The molecule has 4 aromatic rings. The summed E-state index contributed by atoms with van der Waals surface area (Å²) in [4.78, 5) is 4.85. The molecule has 0 saturated heterocycles. The monoisotopic (exact) mass is 368 g/mol. The number of nitrogens with zero attached hydrogens (tertiary/aromatic N) is 3. The van der Waals surface area contributed by atoms with Crippen LogP contribution < -0.4 is 4.57 Å². The van der Waals surface area contributed by atoms with E-state index in [1.54, 1.807) is 0 Å². The molecule has 2 aromatic heterocycles. The van der Waals surface area contributed by atoms with Crippen LogP contribution in [0.5, 0.6) is 0 Å². The average Bonchev–Trinajstić information content (AvgIpc) is 3.23. The van der Waals surface area contributed by atoms with E-state index in [0.29, 0.717) is 5.92 Å². The smallest absolute Gasteiger partial charge is 0.213 e. The molecule has 1 aliphatic rings. The summed E-state index contributed by atoms with van der Waals surface area (Å²) in [6.07, 6.45) is 6.33. The summed E-state index contributed by atoms with van der Waals surface area (Å²) in [5.41, 5.74) is 8.76. The number of pyridine rings is 1. The van der Waals surface area contributed by atoms with Crippen molar-refractivity contribution in [3.8, 4) is 11.3 Å². The lowest BCUT2D eigenvalue weighted by molar-refractivity contribution is -0.633. The summed E-state index contributed by atoms with van der Waals surface area (Å²) in [6, 6.07) is 15.8. The Labute approximate surface area is 166 Å². The number of aromatic nitrogens is 3. The van der Waals surface area contributed by atoms with Crippen molar-refractivity contribution in [1.82, 2.24) is 9.55 Å². The number of rotatable bonds is 3. The summed E-state index contributed by atoms with van der Waals surface area (Å²) in [6.45, 7) is 6.76. The fraction of sp³-hybridized carbons (Fsp3) is 0.280. The minimum atomic E-state index is 0.650. The number of hydrogen-bond donors (Lipinski definition) is 0. The second kappa shape index (κ2) is 6.30. The molecule has 0 amide bonds. The van der Waals surface area contributed by atoms with Gasteiger partial charge in [0, 0.05) is 30.1 Å². The van der Waals surface area contributed by atoms with E-state index in [0.717, 1.165) is 24.2 Å². The molecule has 5 rings (SSSR count). The Morgan fingerprint density at radius 2 is 2.00 bits per heavy atom. The van der Waals surface area contributed by atoms with E-state index in [1.165, 1.54) is 38.8 Å². The van der Waals surface area contributed by atoms with Crippen LogP contribution >= 0.6 is 0 Å². The molecule has 0 saturated carbocycles. The van der Waals surface area contributed by atoms with Gasteiger partial charge in [-0.2, -0.15) is 4.57 Å². The summed E-state index contributed by atoms with van der Waals surface area (Å²) in [7, 11) is 2.18. The molecule has 1 aliphatic heterocycles. The number of aryl methyl sites for hydroxylation is 2. The van der Waals surface area contributed by atoms with Gasteiger partial charge in [-0.15, -0.1) is 0 Å². The van der Waals surface area contributed by atoms with Crippen molar-refractivity contribution >= 4 is 28.1 Å². The highest BCUT2D eigenvalue weighted by Crippen LogP contribution is 2.30. The van der Waals surface area contributed by atoms with Gasteiger partial charge in [-0.25, -0.2) is 4.98 Å². The average molecular weight is 369 g/mol. The van der Waals surface area contributed by atoms with Gasteiger partial charge in [-0.05, 0) is 48.6 Å². The highest BCUT2D eigenvalue weighted by molar-refractivity contribution is 5.87. The molecule has 3 heterocycles. The van der Waals surface area contributed by atoms with Gasteiger partial charge in [0.2, 0.25) is 11.2 Å². The lowest BCUT2D eigenvalue weighted by Gasteiger charge is -2.11. The topological polar surface area (TPSA) is 21.7 Å². The first-order valence-electron chi connectivity index (χ1n) is 10.1. The fourth-order valence-corrected chi connectivity index (χ4v) is 4.52. The summed E-state index contributed by atoms with van der Waals surface area (Å²) >= 11 is 0. The molecular formula is C25H26N3+. The summed E-state index contributed by atoms with van der Waals surface area (Å²) in [5, 5.41) is 1.35. The van der Waals surface area contributed by atoms with Crippen LogP contribution in [0.1, 0.15) is 30.8 Å². The van der Waals surface area contributed by atoms with Gasteiger partial charge < -0.3 is 4.57 Å². The van der Waals surface area contributed by atoms with E-state index >= 15 is 0 Å². The normalized spacial score (nSPS) is 13.2. The van der Waals surface area contributed by atoms with Crippen molar-refractivity contribution in [1.29, 1.82) is 0 Å². The second-order valence-electron chi connectivity index (χ2n) is 8.37. The van der Waals surface area contributed by atoms with Gasteiger partial charge in [-0.3, -0.25) is 0 Å². The molecule has 0 spiro atoms. The molecule has 28 heavy (non-hydrogen) atoms. The number of benzene rings is 2. The highest BCUT2D eigenvalue weighted by atomic mass is 15.1. The quantitative estimate of drug-likeness (QED) is 0.455. The molecule has 3 nitrogen and oxygen atoms in total. The van der Waals surface area contributed by atoms with Crippen LogP contribution in [0.4, 0.5) is 0 Å². The number of hydrogen-bond acceptors (Lipinski definition) is 1. The molecule has 0 N–H and O–H groups in total. The Hall–Kier alpha value is -2.94. The predicted molar refractivity (Wildman–Crippen MR) is 116 cm³/mol. The van der Waals surface area contributed by atoms with Crippen molar-refractivity contribution in [2.45, 2.75) is 33.6 Å². The van der Waals surface area contributed by atoms with E-state index in [1.807, 2.05) is 0 Å². The number of fused-ring (bicyclic) bond motifs is 4. The zero-order chi connectivity index (χ0) is 19.4. The third-order valence-corrected chi connectivity index (χ3v) is 5.87. The third-order valence-electron chi connectivity index (χ3n) is 5.87. The molecule has 3 heteroatoms. The van der Waals surface area contributed by atoms with Crippen molar-refractivity contribution in [2.75, 3.05) is 0 Å². The molecule has 0 atom stereocenters. The molecule has 0 fully saturated rings. The number of allylic oxidation sites excluding steroid dienone is 1. The number of imidazole rings is 1. The Morgan fingerprint density at radius 1 is 1.14 bits per heavy atom. The van der Waals surface area contributed by atoms with Crippen molar-refractivity contribution in [2.24, 2.45) is 13.0 Å². The summed E-state index contributed by atoms with van der Waals surface area (Å²) < 4.78 is 4.54. The minimum Gasteiger partial charge on any atom is -0.303 e. The van der Waals surface area contributed by atoms with Gasteiger partial charge in [0.05, 0.1) is 16.6 Å². The van der Waals surface area contributed by atoms with Crippen LogP contribution in [0.2, 0.25) is 0 Å². The van der Waals surface area contributed by atoms with Gasteiger partial charge in [0.1, 0.15) is 12.9 Å². The maximum absolute atomic E-state index is 4.85. The molecule has 0 bridgehead atoms. The molecule has 2 aromatic carbocycles. The van der Waals surface area contributed by atoms with E-state index in [4.69, 9.17) is 4.98 Å². The first kappa shape index (κ1) is 17.2. The van der Waals surface area contributed by atoms with Crippen molar-refractivity contribution in [3.63, 3.8) is 0 Å². The molecule has 0 unspecified atom stereocenters. The maximum Gasteiger partial charge on any atom is 0.213 e. The van der Waals surface area contributed by atoms with Crippen LogP contribution in [-0.2, 0) is 19.9 Å². The fourth-order valence-electron chi connectivity index (χ4n) is 4.52. The summed E-state index contributed by atoms with van der Waals surface area (Å²) in [5.74, 6) is 1.78. The Morgan fingerprint density at radius 3 is 2.82 bits per heavy atom. The van der Waals surface area contributed by atoms with Crippen molar-refractivity contribution < 1.29 is 4.57 Å². The first-order chi connectivity index (χ1) is 13.5. The van der Waals surface area contributed by atoms with E-state index in [2.05, 4.69) is 91.7 Å². The largest absolute Gasteiger partial charge is 0.303 e. The van der Waals surface area contributed by atoms with Crippen LogP contribution in [0.15, 0.2) is 48.5 Å². The van der Waals surface area contributed by atoms with Gasteiger partial charge in [0.25, 0.3) is 0 Å². The molecule has 0 aliphatic carbocycles. The minimum absolute atomic E-state index is 0.650. The molecular weight excluding hydrogens is 342 g/mol. The molecule has 0 radical (unpaired) electrons.